The first-order valence-electron chi connectivity index (χ1n) is 30.1. The minimum Gasteiger partial charge on any atom is -0.310 e. The van der Waals surface area contributed by atoms with E-state index in [9.17, 15) is 2.74 Å². The summed E-state index contributed by atoms with van der Waals surface area (Å²) < 4.78 is 19.3. The lowest BCUT2D eigenvalue weighted by molar-refractivity contribution is 0.570. The Labute approximate surface area is 493 Å². The molecule has 12 aromatic carbocycles. The van der Waals surface area contributed by atoms with Crippen LogP contribution >= 0.6 is 0 Å². The Morgan fingerprint density at radius 1 is 0.289 bits per heavy atom. The SMILES string of the molecule is [2H]c1cc(-c2ccccc2)c(N2c3cc(-c4ccccc4)ccc3B3c4ccc(-c5ccccc5)cc4N(c4c(-c5ccccc5)cc([2H])cc4-c4ccccc4)c4cc(-c5ccc(C(C)(C)C)cc5C(C)(C)C)cc2c43)c(-c2ccccc2)c1. The second-order valence-electron chi connectivity index (χ2n) is 24.3. The van der Waals surface area contributed by atoms with Crippen molar-refractivity contribution in [2.45, 2.75) is 52.4 Å². The predicted octanol–water partition coefficient (Wildman–Crippen LogP) is 20.0. The van der Waals surface area contributed by atoms with Crippen molar-refractivity contribution in [2.24, 2.45) is 0 Å². The van der Waals surface area contributed by atoms with Crippen molar-refractivity contribution >= 4 is 57.2 Å². The van der Waals surface area contributed by atoms with E-state index in [2.05, 4.69) is 324 Å². The largest absolute Gasteiger partial charge is 0.310 e. The van der Waals surface area contributed by atoms with Gasteiger partial charge in [-0.1, -0.05) is 302 Å². The van der Waals surface area contributed by atoms with E-state index in [0.717, 1.165) is 106 Å². The van der Waals surface area contributed by atoms with Crippen LogP contribution in [0.3, 0.4) is 0 Å². The molecule has 0 unspecified atom stereocenters. The summed E-state index contributed by atoms with van der Waals surface area (Å²) in [6.45, 7) is 13.7. The summed E-state index contributed by atoms with van der Waals surface area (Å²) in [6.07, 6.45) is 0. The molecule has 0 bridgehead atoms. The second kappa shape index (κ2) is 20.7. The monoisotopic (exact) mass is 1070 g/mol. The van der Waals surface area contributed by atoms with Gasteiger partial charge in [-0.25, -0.2) is 0 Å². The van der Waals surface area contributed by atoms with Crippen LogP contribution in [0.2, 0.25) is 0 Å². The molecule has 0 N–H and O–H groups in total. The van der Waals surface area contributed by atoms with Crippen LogP contribution in [-0.2, 0) is 10.8 Å². The smallest absolute Gasteiger partial charge is 0.252 e. The molecule has 3 heteroatoms. The lowest BCUT2D eigenvalue weighted by Crippen LogP contribution is -2.61. The van der Waals surface area contributed by atoms with Crippen molar-refractivity contribution in [3.63, 3.8) is 0 Å². The number of hydrogen-bond donors (Lipinski definition) is 0. The van der Waals surface area contributed by atoms with Crippen molar-refractivity contribution in [1.82, 2.24) is 0 Å². The average molecular weight is 1070 g/mol. The number of nitrogens with zero attached hydrogens (tertiary/aromatic N) is 2. The molecule has 0 saturated carbocycles. The molecule has 0 amide bonds. The Morgan fingerprint density at radius 3 is 0.964 bits per heavy atom. The van der Waals surface area contributed by atoms with Crippen molar-refractivity contribution in [3.05, 3.63) is 296 Å². The summed E-state index contributed by atoms with van der Waals surface area (Å²) in [5.74, 6) is 0. The highest BCUT2D eigenvalue weighted by molar-refractivity contribution is 7.00. The van der Waals surface area contributed by atoms with Gasteiger partial charge in [0.05, 0.1) is 14.1 Å². The maximum Gasteiger partial charge on any atom is 0.252 e. The highest BCUT2D eigenvalue weighted by atomic mass is 15.2. The van der Waals surface area contributed by atoms with Crippen LogP contribution in [-0.4, -0.2) is 6.71 Å². The van der Waals surface area contributed by atoms with E-state index in [1.54, 1.807) is 0 Å². The third kappa shape index (κ3) is 9.18. The number of para-hydroxylation sites is 2. The van der Waals surface area contributed by atoms with Gasteiger partial charge < -0.3 is 9.80 Å². The molecule has 0 atom stereocenters. The predicted molar refractivity (Wildman–Crippen MR) is 356 cm³/mol. The lowest BCUT2D eigenvalue weighted by Gasteiger charge is -2.46. The van der Waals surface area contributed by atoms with Crippen molar-refractivity contribution in [1.29, 1.82) is 0 Å². The maximum absolute atomic E-state index is 9.66. The van der Waals surface area contributed by atoms with Gasteiger partial charge in [0, 0.05) is 45.0 Å². The third-order valence-electron chi connectivity index (χ3n) is 17.0. The van der Waals surface area contributed by atoms with Crippen molar-refractivity contribution < 1.29 is 2.74 Å². The molecule has 0 spiro atoms. The summed E-state index contributed by atoms with van der Waals surface area (Å²) >= 11 is 0. The fourth-order valence-electron chi connectivity index (χ4n) is 12.9. The highest BCUT2D eigenvalue weighted by Gasteiger charge is 2.46. The highest BCUT2D eigenvalue weighted by Crippen LogP contribution is 2.54. The molecule has 12 aromatic rings. The third-order valence-corrected chi connectivity index (χ3v) is 17.0. The van der Waals surface area contributed by atoms with Crippen LogP contribution in [0.5, 0.6) is 0 Å². The summed E-state index contributed by atoms with van der Waals surface area (Å²) in [6, 6.07) is 99.8. The topological polar surface area (TPSA) is 6.48 Å². The van der Waals surface area contributed by atoms with E-state index in [1.807, 2.05) is 0 Å². The van der Waals surface area contributed by atoms with Gasteiger partial charge in [0.15, 0.2) is 0 Å². The molecular weight excluding hydrogens is 1000 g/mol. The minimum atomic E-state index is -0.240. The fraction of sp³-hybridized carbons (Fsp3) is 0.100. The van der Waals surface area contributed by atoms with Crippen LogP contribution in [0.15, 0.2) is 285 Å². The Hall–Kier alpha value is -9.70. The van der Waals surface area contributed by atoms with E-state index in [-0.39, 0.29) is 17.5 Å². The lowest BCUT2D eigenvalue weighted by atomic mass is 9.33. The standard InChI is InChI=1S/C80H65BN2/c1-79(2,3)63-45-46-64(69(53-63)80(4,5)6)62-51-74-76-75(52-62)83(78-67(58-35-21-11-22-36-58)41-26-42-68(78)59-37-23-12-24-38-59)73-50-61(55-29-15-8-16-30-55)44-48-71(73)81(76)70-47-43-60(54-27-13-7-14-28-54)49-72(70)82(74)77-65(56-31-17-9-18-32-56)39-25-40-66(77)57-33-19-10-20-34-57/h7-53H,1-6H3/i25D,26D. The van der Waals surface area contributed by atoms with Gasteiger partial charge in [0.2, 0.25) is 0 Å². The quantitative estimate of drug-likeness (QED) is 0.133. The molecule has 2 aliphatic rings. The van der Waals surface area contributed by atoms with Crippen LogP contribution in [0, 0.1) is 0 Å². The van der Waals surface area contributed by atoms with Gasteiger partial charge >= 0.3 is 0 Å². The molecule has 0 saturated heterocycles. The molecule has 2 nitrogen and oxygen atoms in total. The number of fused-ring (bicyclic) bond motifs is 4. The Kier molecular flexibility index (Phi) is 12.2. The molecule has 83 heavy (non-hydrogen) atoms. The first-order chi connectivity index (χ1) is 41.3. The molecule has 398 valence electrons. The van der Waals surface area contributed by atoms with Gasteiger partial charge in [-0.3, -0.25) is 0 Å². The number of anilines is 6. The zero-order valence-corrected chi connectivity index (χ0v) is 48.0. The van der Waals surface area contributed by atoms with Gasteiger partial charge in [-0.15, -0.1) is 0 Å². The van der Waals surface area contributed by atoms with Crippen LogP contribution in [0.4, 0.5) is 34.1 Å². The first kappa shape index (κ1) is 49.1. The maximum atomic E-state index is 9.66. The Morgan fingerprint density at radius 2 is 0.627 bits per heavy atom. The average Bonchev–Trinajstić information content (AvgIpc) is 1.21. The summed E-state index contributed by atoms with van der Waals surface area (Å²) in [5, 5.41) is 0. The number of benzene rings is 12. The summed E-state index contributed by atoms with van der Waals surface area (Å²) in [5.41, 5.74) is 26.8. The fourth-order valence-corrected chi connectivity index (χ4v) is 12.9. The van der Waals surface area contributed by atoms with Crippen LogP contribution in [0.1, 0.15) is 55.4 Å². The molecular formula is C80H65BN2. The van der Waals surface area contributed by atoms with Gasteiger partial charge in [0.1, 0.15) is 0 Å². The van der Waals surface area contributed by atoms with E-state index in [4.69, 9.17) is 0 Å². The molecule has 2 heterocycles. The Balaban J connectivity index is 1.21. The molecule has 2 aliphatic heterocycles. The van der Waals surface area contributed by atoms with Crippen LogP contribution in [0.25, 0.3) is 77.9 Å². The normalized spacial score (nSPS) is 13.0. The summed E-state index contributed by atoms with van der Waals surface area (Å²) in [7, 11) is 0. The zero-order valence-electron chi connectivity index (χ0n) is 50.0. The van der Waals surface area contributed by atoms with E-state index < -0.39 is 0 Å². The van der Waals surface area contributed by atoms with Crippen molar-refractivity contribution in [2.75, 3.05) is 9.80 Å². The van der Waals surface area contributed by atoms with Gasteiger partial charge in [-0.05, 0) is 118 Å². The van der Waals surface area contributed by atoms with Gasteiger partial charge in [-0.2, -0.15) is 0 Å². The molecule has 0 aliphatic carbocycles. The van der Waals surface area contributed by atoms with Crippen LogP contribution < -0.4 is 26.2 Å². The van der Waals surface area contributed by atoms with E-state index in [1.165, 1.54) is 33.1 Å². The van der Waals surface area contributed by atoms with Crippen molar-refractivity contribution in [3.8, 4) is 77.9 Å². The Bertz CT molecular complexity index is 4130. The number of hydrogen-bond acceptors (Lipinski definition) is 2. The number of rotatable bonds is 9. The first-order valence-corrected chi connectivity index (χ1v) is 29.1. The molecule has 14 rings (SSSR count). The summed E-state index contributed by atoms with van der Waals surface area (Å²) in [4.78, 5) is 5.16. The zero-order chi connectivity index (χ0) is 58.1. The van der Waals surface area contributed by atoms with E-state index in [0.29, 0.717) is 12.1 Å². The van der Waals surface area contributed by atoms with Gasteiger partial charge in [0.25, 0.3) is 6.71 Å². The molecule has 0 fully saturated rings. The molecule has 0 radical (unpaired) electrons. The van der Waals surface area contributed by atoms with E-state index >= 15 is 0 Å². The second-order valence-corrected chi connectivity index (χ2v) is 24.3. The molecule has 0 aromatic heterocycles. The minimum absolute atomic E-state index is 0.0844.